The highest BCUT2D eigenvalue weighted by atomic mass is 16.5. The van der Waals surface area contributed by atoms with Crippen LogP contribution in [0.5, 0.6) is 11.5 Å². The third kappa shape index (κ3) is 4.58. The fourth-order valence-corrected chi connectivity index (χ4v) is 4.28. The molecule has 6 heteroatoms. The Kier molecular flexibility index (Phi) is 6.21. The Morgan fingerprint density at radius 2 is 1.80 bits per heavy atom. The Balaban J connectivity index is 1.51. The van der Waals surface area contributed by atoms with Gasteiger partial charge in [0.25, 0.3) is 5.91 Å². The van der Waals surface area contributed by atoms with E-state index in [0.29, 0.717) is 29.9 Å². The molecule has 1 saturated carbocycles. The molecule has 4 rings (SSSR count). The van der Waals surface area contributed by atoms with E-state index >= 15 is 0 Å². The minimum atomic E-state index is -0.246. The summed E-state index contributed by atoms with van der Waals surface area (Å²) in [6.07, 6.45) is 5.56. The van der Waals surface area contributed by atoms with Gasteiger partial charge in [0.2, 0.25) is 5.91 Å². The van der Waals surface area contributed by atoms with Crippen LogP contribution >= 0.6 is 0 Å². The molecule has 0 bridgehead atoms. The number of methoxy groups -OCH3 is 1. The predicted octanol–water partition coefficient (Wildman–Crippen LogP) is 3.77. The lowest BCUT2D eigenvalue weighted by Crippen LogP contribution is -2.50. The molecule has 0 spiro atoms. The molecule has 1 unspecified atom stereocenters. The third-order valence-electron chi connectivity index (χ3n) is 5.90. The highest BCUT2D eigenvalue weighted by Gasteiger charge is 2.31. The van der Waals surface area contributed by atoms with Crippen molar-refractivity contribution in [2.24, 2.45) is 0 Å². The van der Waals surface area contributed by atoms with Crippen LogP contribution in [-0.4, -0.2) is 31.1 Å². The van der Waals surface area contributed by atoms with E-state index in [1.807, 2.05) is 30.3 Å². The van der Waals surface area contributed by atoms with Gasteiger partial charge < -0.3 is 20.1 Å². The first kappa shape index (κ1) is 20.3. The lowest BCUT2D eigenvalue weighted by Gasteiger charge is -2.33. The van der Waals surface area contributed by atoms with Gasteiger partial charge in [-0.2, -0.15) is 0 Å². The number of rotatable bonds is 6. The molecule has 1 heterocycles. The van der Waals surface area contributed by atoms with Crippen molar-refractivity contribution in [3.63, 3.8) is 0 Å². The number of piperidine rings is 1. The Hall–Kier alpha value is -3.02. The van der Waals surface area contributed by atoms with Crippen molar-refractivity contribution in [2.75, 3.05) is 7.11 Å². The molecule has 30 heavy (non-hydrogen) atoms. The summed E-state index contributed by atoms with van der Waals surface area (Å²) in [7, 11) is 1.60. The van der Waals surface area contributed by atoms with Gasteiger partial charge in [0.15, 0.2) is 11.5 Å². The summed E-state index contributed by atoms with van der Waals surface area (Å²) in [4.78, 5) is 25.0. The highest BCUT2D eigenvalue weighted by Crippen LogP contribution is 2.33. The molecular weight excluding hydrogens is 380 g/mol. The Morgan fingerprint density at radius 1 is 1.03 bits per heavy atom. The SMILES string of the molecule is COc1ccc(C(=O)N[C@H]2CCC(=O)NC2c2ccccc2)cc1OC1CCCC1. The van der Waals surface area contributed by atoms with Gasteiger partial charge in [0, 0.05) is 12.0 Å². The first-order valence-corrected chi connectivity index (χ1v) is 10.6. The van der Waals surface area contributed by atoms with E-state index in [1.165, 1.54) is 12.8 Å². The number of carbonyl (C=O) groups is 2. The average molecular weight is 408 g/mol. The van der Waals surface area contributed by atoms with Crippen LogP contribution in [0, 0.1) is 0 Å². The van der Waals surface area contributed by atoms with Gasteiger partial charge in [-0.05, 0) is 55.9 Å². The smallest absolute Gasteiger partial charge is 0.251 e. The first-order valence-electron chi connectivity index (χ1n) is 10.6. The molecule has 0 aromatic heterocycles. The zero-order valence-electron chi connectivity index (χ0n) is 17.2. The van der Waals surface area contributed by atoms with Crippen LogP contribution in [0.4, 0.5) is 0 Å². The second kappa shape index (κ2) is 9.20. The number of hydrogen-bond donors (Lipinski definition) is 2. The van der Waals surface area contributed by atoms with Crippen molar-refractivity contribution in [1.82, 2.24) is 10.6 Å². The van der Waals surface area contributed by atoms with Gasteiger partial charge in [-0.3, -0.25) is 9.59 Å². The van der Waals surface area contributed by atoms with E-state index < -0.39 is 0 Å². The Labute approximate surface area is 177 Å². The summed E-state index contributed by atoms with van der Waals surface area (Å²) in [6.45, 7) is 0. The molecule has 1 aliphatic carbocycles. The largest absolute Gasteiger partial charge is 0.493 e. The molecule has 2 atom stereocenters. The molecule has 0 radical (unpaired) electrons. The number of ether oxygens (including phenoxy) is 2. The molecule has 1 aliphatic heterocycles. The molecule has 1 saturated heterocycles. The quantitative estimate of drug-likeness (QED) is 0.763. The van der Waals surface area contributed by atoms with Crippen molar-refractivity contribution in [1.29, 1.82) is 0 Å². The van der Waals surface area contributed by atoms with E-state index in [4.69, 9.17) is 9.47 Å². The van der Waals surface area contributed by atoms with Gasteiger partial charge >= 0.3 is 0 Å². The first-order chi connectivity index (χ1) is 14.6. The second-order valence-electron chi connectivity index (χ2n) is 7.96. The summed E-state index contributed by atoms with van der Waals surface area (Å²) < 4.78 is 11.5. The average Bonchev–Trinajstić information content (AvgIpc) is 3.28. The maximum absolute atomic E-state index is 13.0. The number of hydrogen-bond acceptors (Lipinski definition) is 4. The molecule has 2 fully saturated rings. The number of benzene rings is 2. The van der Waals surface area contributed by atoms with Crippen molar-refractivity contribution >= 4 is 11.8 Å². The van der Waals surface area contributed by atoms with Crippen molar-refractivity contribution in [3.05, 3.63) is 59.7 Å². The monoisotopic (exact) mass is 408 g/mol. The second-order valence-corrected chi connectivity index (χ2v) is 7.96. The van der Waals surface area contributed by atoms with Gasteiger partial charge in [-0.25, -0.2) is 0 Å². The maximum Gasteiger partial charge on any atom is 0.251 e. The van der Waals surface area contributed by atoms with Crippen LogP contribution in [-0.2, 0) is 4.79 Å². The van der Waals surface area contributed by atoms with E-state index in [1.54, 1.807) is 25.3 Å². The maximum atomic E-state index is 13.0. The van der Waals surface area contributed by atoms with Gasteiger partial charge in [-0.1, -0.05) is 30.3 Å². The topological polar surface area (TPSA) is 76.7 Å². The molecule has 6 nitrogen and oxygen atoms in total. The molecule has 158 valence electrons. The molecule has 2 amide bonds. The Morgan fingerprint density at radius 3 is 2.53 bits per heavy atom. The van der Waals surface area contributed by atoms with E-state index in [-0.39, 0.29) is 30.0 Å². The third-order valence-corrected chi connectivity index (χ3v) is 5.90. The van der Waals surface area contributed by atoms with Gasteiger partial charge in [-0.15, -0.1) is 0 Å². The van der Waals surface area contributed by atoms with Crippen LogP contribution in [0.2, 0.25) is 0 Å². The lowest BCUT2D eigenvalue weighted by atomic mass is 9.91. The summed E-state index contributed by atoms with van der Waals surface area (Å²) in [6, 6.07) is 14.6. The van der Waals surface area contributed by atoms with Crippen LogP contribution in [0.1, 0.15) is 60.5 Å². The summed E-state index contributed by atoms with van der Waals surface area (Å²) in [5, 5.41) is 6.13. The van der Waals surface area contributed by atoms with Gasteiger partial charge in [0.1, 0.15) is 0 Å². The van der Waals surface area contributed by atoms with E-state index in [0.717, 1.165) is 18.4 Å². The zero-order chi connectivity index (χ0) is 20.9. The van der Waals surface area contributed by atoms with Crippen LogP contribution < -0.4 is 20.1 Å². The predicted molar refractivity (Wildman–Crippen MR) is 114 cm³/mol. The fraction of sp³-hybridized carbons (Fsp3) is 0.417. The molecule has 2 aromatic carbocycles. The number of nitrogens with one attached hydrogen (secondary N) is 2. The van der Waals surface area contributed by atoms with E-state index in [2.05, 4.69) is 10.6 Å². The standard InChI is InChI=1S/C24H28N2O4/c1-29-20-13-11-17(15-21(20)30-18-9-5-6-10-18)24(28)25-19-12-14-22(27)26-23(19)16-7-3-2-4-8-16/h2-4,7-8,11,13,15,18-19,23H,5-6,9-10,12,14H2,1H3,(H,25,28)(H,26,27)/t19-,23?/m0/s1. The zero-order valence-corrected chi connectivity index (χ0v) is 17.2. The number of carbonyl (C=O) groups excluding carboxylic acids is 2. The van der Waals surface area contributed by atoms with Gasteiger partial charge in [0.05, 0.1) is 25.3 Å². The van der Waals surface area contributed by atoms with Crippen molar-refractivity contribution < 1.29 is 19.1 Å². The fourth-order valence-electron chi connectivity index (χ4n) is 4.28. The molecular formula is C24H28N2O4. The normalized spacial score (nSPS) is 21.7. The Bertz CT molecular complexity index is 893. The lowest BCUT2D eigenvalue weighted by molar-refractivity contribution is -0.123. The molecule has 2 aliphatic rings. The minimum Gasteiger partial charge on any atom is -0.493 e. The summed E-state index contributed by atoms with van der Waals surface area (Å²) in [5.74, 6) is 1.06. The summed E-state index contributed by atoms with van der Waals surface area (Å²) >= 11 is 0. The van der Waals surface area contributed by atoms with Crippen LogP contribution in [0.25, 0.3) is 0 Å². The summed E-state index contributed by atoms with van der Waals surface area (Å²) in [5.41, 5.74) is 1.50. The highest BCUT2D eigenvalue weighted by molar-refractivity contribution is 5.95. The molecule has 2 N–H and O–H groups in total. The van der Waals surface area contributed by atoms with E-state index in [9.17, 15) is 9.59 Å². The van der Waals surface area contributed by atoms with Crippen molar-refractivity contribution in [2.45, 2.75) is 56.7 Å². The molecule has 2 aromatic rings. The minimum absolute atomic E-state index is 0.00560. The number of amides is 2. The van der Waals surface area contributed by atoms with Crippen LogP contribution in [0.15, 0.2) is 48.5 Å². The van der Waals surface area contributed by atoms with Crippen LogP contribution in [0.3, 0.4) is 0 Å². The van der Waals surface area contributed by atoms with Crippen molar-refractivity contribution in [3.8, 4) is 11.5 Å².